The fourth-order valence-corrected chi connectivity index (χ4v) is 3.37. The van der Waals surface area contributed by atoms with Crippen molar-refractivity contribution in [3.8, 4) is 23.0 Å². The maximum Gasteiger partial charge on any atom is 0.226 e. The van der Waals surface area contributed by atoms with Crippen LogP contribution >= 0.6 is 0 Å². The molecule has 0 saturated carbocycles. The summed E-state index contributed by atoms with van der Waals surface area (Å²) in [5.41, 5.74) is 3.57. The Balaban J connectivity index is 1.80. The van der Waals surface area contributed by atoms with Gasteiger partial charge in [-0.1, -0.05) is 41.5 Å². The third kappa shape index (κ3) is 5.35. The van der Waals surface area contributed by atoms with E-state index >= 15 is 0 Å². The van der Waals surface area contributed by atoms with Gasteiger partial charge in [0.2, 0.25) is 5.89 Å². The molecule has 0 saturated heterocycles. The molecule has 0 unspecified atom stereocenters. The zero-order valence-electron chi connectivity index (χ0n) is 19.2. The summed E-state index contributed by atoms with van der Waals surface area (Å²) in [7, 11) is 0. The molecule has 2 aromatic carbocycles. The van der Waals surface area contributed by atoms with E-state index in [1.165, 1.54) is 0 Å². The van der Waals surface area contributed by atoms with Gasteiger partial charge in [0.15, 0.2) is 0 Å². The number of nitrogens with zero attached hydrogens (tertiary/aromatic N) is 1. The van der Waals surface area contributed by atoms with Gasteiger partial charge in [0.1, 0.15) is 24.0 Å². The van der Waals surface area contributed by atoms with E-state index in [4.69, 9.17) is 9.15 Å². The molecule has 31 heavy (non-hydrogen) atoms. The molecule has 1 N–H and O–H groups in total. The Hall–Kier alpha value is -3.08. The lowest BCUT2D eigenvalue weighted by atomic mass is 9.78. The minimum absolute atomic E-state index is 0.219. The fraction of sp³-hybridized carbons (Fsp3) is 0.385. The Labute approximate surface area is 184 Å². The number of carbonyl (C=O) groups is 1. The largest absolute Gasteiger partial charge is 0.507 e. The Morgan fingerprint density at radius 1 is 1.00 bits per heavy atom. The van der Waals surface area contributed by atoms with E-state index < -0.39 is 0 Å². The molecule has 3 aromatic rings. The zero-order valence-corrected chi connectivity index (χ0v) is 19.2. The molecule has 0 radical (unpaired) electrons. The van der Waals surface area contributed by atoms with E-state index in [0.29, 0.717) is 36.0 Å². The molecule has 0 bridgehead atoms. The highest BCUT2D eigenvalue weighted by molar-refractivity contribution is 5.74. The second-order valence-electron chi connectivity index (χ2n) is 9.85. The predicted molar refractivity (Wildman–Crippen MR) is 122 cm³/mol. The van der Waals surface area contributed by atoms with Crippen LogP contribution in [0.1, 0.15) is 68.7 Å². The van der Waals surface area contributed by atoms with Gasteiger partial charge in [0.25, 0.3) is 0 Å². The Bertz CT molecular complexity index is 1020. The highest BCUT2D eigenvalue weighted by atomic mass is 16.5. The predicted octanol–water partition coefficient (Wildman–Crippen LogP) is 6.08. The van der Waals surface area contributed by atoms with Crippen molar-refractivity contribution in [2.24, 2.45) is 0 Å². The fourth-order valence-electron chi connectivity index (χ4n) is 3.37. The summed E-state index contributed by atoms with van der Waals surface area (Å²) in [6, 6.07) is 10.9. The second-order valence-corrected chi connectivity index (χ2v) is 9.85. The Morgan fingerprint density at radius 3 is 2.10 bits per heavy atom. The van der Waals surface area contributed by atoms with Gasteiger partial charge in [-0.05, 0) is 47.2 Å². The monoisotopic (exact) mass is 421 g/mol. The number of oxazole rings is 1. The van der Waals surface area contributed by atoms with Crippen molar-refractivity contribution >= 4 is 6.29 Å². The highest BCUT2D eigenvalue weighted by Crippen LogP contribution is 2.41. The molecule has 0 fully saturated rings. The van der Waals surface area contributed by atoms with E-state index in [1.54, 1.807) is 30.5 Å². The van der Waals surface area contributed by atoms with E-state index in [2.05, 4.69) is 46.5 Å². The van der Waals surface area contributed by atoms with Gasteiger partial charge in [-0.2, -0.15) is 0 Å². The number of hydrogen-bond acceptors (Lipinski definition) is 5. The van der Waals surface area contributed by atoms with Crippen LogP contribution in [0.3, 0.4) is 0 Å². The molecule has 0 aliphatic carbocycles. The highest BCUT2D eigenvalue weighted by Gasteiger charge is 2.27. The molecule has 0 amide bonds. The SMILES string of the molecule is CC(C)(C)c1cc(-c2nc(CCOc3ccc(C=O)cc3)co2)cc(C(C)(C)C)c1O. The molecule has 0 aliphatic rings. The number of ether oxygens (including phenoxy) is 1. The molecule has 164 valence electrons. The van der Waals surface area contributed by atoms with Crippen LogP contribution < -0.4 is 4.74 Å². The van der Waals surface area contributed by atoms with Crippen LogP contribution in [-0.2, 0) is 17.3 Å². The average Bonchev–Trinajstić information content (AvgIpc) is 3.16. The van der Waals surface area contributed by atoms with Gasteiger partial charge in [-0.3, -0.25) is 4.79 Å². The first-order chi connectivity index (χ1) is 14.5. The van der Waals surface area contributed by atoms with Crippen molar-refractivity contribution < 1.29 is 19.1 Å². The minimum atomic E-state index is -0.219. The van der Waals surface area contributed by atoms with Crippen molar-refractivity contribution in [2.45, 2.75) is 58.8 Å². The number of carbonyl (C=O) groups excluding carboxylic acids is 1. The summed E-state index contributed by atoms with van der Waals surface area (Å²) >= 11 is 0. The van der Waals surface area contributed by atoms with E-state index in [9.17, 15) is 9.90 Å². The number of hydrogen-bond donors (Lipinski definition) is 1. The number of phenols is 1. The Morgan fingerprint density at radius 2 is 1.58 bits per heavy atom. The first-order valence-corrected chi connectivity index (χ1v) is 10.5. The van der Waals surface area contributed by atoms with Crippen LogP contribution in [0.5, 0.6) is 11.5 Å². The van der Waals surface area contributed by atoms with Gasteiger partial charge in [0.05, 0.1) is 12.3 Å². The van der Waals surface area contributed by atoms with E-state index in [1.807, 2.05) is 12.1 Å². The van der Waals surface area contributed by atoms with Crippen LogP contribution in [0.4, 0.5) is 0 Å². The maximum atomic E-state index is 10.9. The second kappa shape index (κ2) is 8.58. The maximum absolute atomic E-state index is 10.9. The van der Waals surface area contributed by atoms with E-state index in [0.717, 1.165) is 28.7 Å². The van der Waals surface area contributed by atoms with Crippen LogP contribution in [0, 0.1) is 0 Å². The summed E-state index contributed by atoms with van der Waals surface area (Å²) < 4.78 is 11.5. The van der Waals surface area contributed by atoms with E-state index in [-0.39, 0.29) is 10.8 Å². The third-order valence-corrected chi connectivity index (χ3v) is 5.17. The summed E-state index contributed by atoms with van der Waals surface area (Å²) in [6.45, 7) is 12.9. The molecule has 5 heteroatoms. The Kier molecular flexibility index (Phi) is 6.25. The smallest absolute Gasteiger partial charge is 0.226 e. The van der Waals surface area contributed by atoms with Crippen molar-refractivity contribution in [3.63, 3.8) is 0 Å². The summed E-state index contributed by atoms with van der Waals surface area (Å²) in [6.07, 6.45) is 3.05. The molecular weight excluding hydrogens is 390 g/mol. The van der Waals surface area contributed by atoms with Gasteiger partial charge >= 0.3 is 0 Å². The van der Waals surface area contributed by atoms with Gasteiger partial charge < -0.3 is 14.3 Å². The molecule has 0 atom stereocenters. The first-order valence-electron chi connectivity index (χ1n) is 10.5. The molecule has 0 spiro atoms. The van der Waals surface area contributed by atoms with Crippen molar-refractivity contribution in [3.05, 3.63) is 65.0 Å². The van der Waals surface area contributed by atoms with Crippen molar-refractivity contribution in [2.75, 3.05) is 6.61 Å². The standard InChI is InChI=1S/C26H31NO4/c1-25(2,3)21-13-18(14-22(23(21)29)26(4,5)6)24-27-19(16-31-24)11-12-30-20-9-7-17(15-28)8-10-20/h7-10,13-16,29H,11-12H2,1-6H3. The summed E-state index contributed by atoms with van der Waals surface area (Å²) in [5.74, 6) is 1.57. The number of phenolic OH excluding ortho intramolecular Hbond substituents is 1. The topological polar surface area (TPSA) is 72.6 Å². The van der Waals surface area contributed by atoms with Crippen molar-refractivity contribution in [1.82, 2.24) is 4.98 Å². The number of aldehydes is 1. The third-order valence-electron chi connectivity index (χ3n) is 5.17. The lowest BCUT2D eigenvalue weighted by Crippen LogP contribution is -2.17. The summed E-state index contributed by atoms with van der Waals surface area (Å²) in [5, 5.41) is 10.9. The lowest BCUT2D eigenvalue weighted by molar-refractivity contribution is 0.112. The number of benzene rings is 2. The van der Waals surface area contributed by atoms with Gasteiger partial charge in [0, 0.05) is 28.7 Å². The molecular formula is C26H31NO4. The number of aromatic hydroxyl groups is 1. The molecule has 0 aliphatic heterocycles. The van der Waals surface area contributed by atoms with Crippen LogP contribution in [0.15, 0.2) is 47.1 Å². The zero-order chi connectivity index (χ0) is 22.8. The van der Waals surface area contributed by atoms with Crippen molar-refractivity contribution in [1.29, 1.82) is 0 Å². The summed E-state index contributed by atoms with van der Waals surface area (Å²) in [4.78, 5) is 15.4. The number of rotatable bonds is 6. The normalized spacial score (nSPS) is 12.1. The van der Waals surface area contributed by atoms with Gasteiger partial charge in [-0.25, -0.2) is 4.98 Å². The van der Waals surface area contributed by atoms with Gasteiger partial charge in [-0.15, -0.1) is 0 Å². The van der Waals surface area contributed by atoms with Crippen LogP contribution in [-0.4, -0.2) is 23.0 Å². The quantitative estimate of drug-likeness (QED) is 0.489. The number of aromatic nitrogens is 1. The first kappa shape index (κ1) is 22.6. The lowest BCUT2D eigenvalue weighted by Gasteiger charge is -2.27. The van der Waals surface area contributed by atoms with Crippen LogP contribution in [0.2, 0.25) is 0 Å². The molecule has 5 nitrogen and oxygen atoms in total. The molecule has 1 heterocycles. The minimum Gasteiger partial charge on any atom is -0.507 e. The van der Waals surface area contributed by atoms with Crippen LogP contribution in [0.25, 0.3) is 11.5 Å². The molecule has 3 rings (SSSR count). The molecule has 1 aromatic heterocycles. The average molecular weight is 422 g/mol.